The van der Waals surface area contributed by atoms with Crippen molar-refractivity contribution >= 4 is 35.1 Å². The van der Waals surface area contributed by atoms with Gasteiger partial charge in [-0.05, 0) is 51.5 Å². The summed E-state index contributed by atoms with van der Waals surface area (Å²) >= 11 is 6.03. The van der Waals surface area contributed by atoms with Crippen molar-refractivity contribution in [3.63, 3.8) is 0 Å². The molecular weight excluding hydrogens is 418 g/mol. The predicted molar refractivity (Wildman–Crippen MR) is 120 cm³/mol. The van der Waals surface area contributed by atoms with Crippen molar-refractivity contribution in [3.05, 3.63) is 40.5 Å². The number of hydrogen-bond acceptors (Lipinski definition) is 7. The second-order valence-corrected chi connectivity index (χ2v) is 9.12. The number of rotatable bonds is 3. The van der Waals surface area contributed by atoms with E-state index >= 15 is 0 Å². The number of carbonyl (C=O) groups excluding carboxylic acids is 1. The number of ether oxygens (including phenoxy) is 2. The molecule has 0 bridgehead atoms. The molecule has 1 N–H and O–H groups in total. The van der Waals surface area contributed by atoms with Crippen molar-refractivity contribution < 1.29 is 14.3 Å². The van der Waals surface area contributed by atoms with E-state index in [0.29, 0.717) is 43.7 Å². The first kappa shape index (κ1) is 21.6. The van der Waals surface area contributed by atoms with Gasteiger partial charge in [-0.2, -0.15) is 4.98 Å². The summed E-state index contributed by atoms with van der Waals surface area (Å²) in [6.07, 6.45) is 0.324. The molecule has 4 rings (SSSR count). The van der Waals surface area contributed by atoms with E-state index in [1.807, 2.05) is 45.0 Å². The molecule has 1 fully saturated rings. The zero-order chi connectivity index (χ0) is 22.0. The van der Waals surface area contributed by atoms with Crippen LogP contribution in [0.5, 0.6) is 0 Å². The Morgan fingerprint density at radius 2 is 1.84 bits per heavy atom. The lowest BCUT2D eigenvalue weighted by Crippen LogP contribution is -2.41. The molecule has 1 aromatic heterocycles. The highest BCUT2D eigenvalue weighted by Gasteiger charge is 2.29. The first-order chi connectivity index (χ1) is 14.8. The van der Waals surface area contributed by atoms with Crippen LogP contribution in [0.4, 0.5) is 22.2 Å². The van der Waals surface area contributed by atoms with Crippen LogP contribution in [0.2, 0.25) is 5.02 Å². The third kappa shape index (κ3) is 5.37. The number of aromatic nitrogens is 2. The smallest absolute Gasteiger partial charge is 0.410 e. The molecule has 1 saturated heterocycles. The maximum atomic E-state index is 12.6. The number of fused-ring (bicyclic) bond motifs is 1. The molecule has 2 aliphatic rings. The zero-order valence-electron chi connectivity index (χ0n) is 18.2. The van der Waals surface area contributed by atoms with Crippen molar-refractivity contribution in [3.8, 4) is 0 Å². The fraction of sp³-hybridized carbons (Fsp3) is 0.500. The summed E-state index contributed by atoms with van der Waals surface area (Å²) in [5.74, 6) is 1.40. The minimum Gasteiger partial charge on any atom is -0.444 e. The molecule has 3 heterocycles. The van der Waals surface area contributed by atoms with Crippen LogP contribution >= 0.6 is 11.6 Å². The van der Waals surface area contributed by atoms with Crippen LogP contribution in [0, 0.1) is 0 Å². The van der Waals surface area contributed by atoms with E-state index in [0.717, 1.165) is 35.9 Å². The van der Waals surface area contributed by atoms with Gasteiger partial charge in [-0.25, -0.2) is 9.78 Å². The van der Waals surface area contributed by atoms with Gasteiger partial charge < -0.3 is 24.6 Å². The third-order valence-corrected chi connectivity index (χ3v) is 5.36. The quantitative estimate of drug-likeness (QED) is 0.764. The first-order valence-electron chi connectivity index (χ1n) is 10.5. The molecule has 2 aliphatic heterocycles. The van der Waals surface area contributed by atoms with Crippen LogP contribution < -0.4 is 10.2 Å². The van der Waals surface area contributed by atoms with Crippen molar-refractivity contribution in [1.82, 2.24) is 14.9 Å². The SMILES string of the molecule is CC(C)(C)OC(=O)N1CCc2c(nc(N3CCOCC3)nc2Nc2ccc(Cl)cc2)C1. The molecular formula is C22H28ClN5O3. The Balaban J connectivity index is 1.64. The summed E-state index contributed by atoms with van der Waals surface area (Å²) in [4.78, 5) is 26.1. The highest BCUT2D eigenvalue weighted by molar-refractivity contribution is 6.30. The number of carbonyl (C=O) groups is 1. The molecule has 31 heavy (non-hydrogen) atoms. The van der Waals surface area contributed by atoms with Crippen molar-refractivity contribution in [2.24, 2.45) is 0 Å². The van der Waals surface area contributed by atoms with E-state index in [2.05, 4.69) is 10.2 Å². The lowest BCUT2D eigenvalue weighted by Gasteiger charge is -2.33. The van der Waals surface area contributed by atoms with Gasteiger partial charge in [-0.3, -0.25) is 0 Å². The fourth-order valence-electron chi connectivity index (χ4n) is 3.58. The van der Waals surface area contributed by atoms with Crippen LogP contribution in [-0.2, 0) is 22.4 Å². The standard InChI is InChI=1S/C22H28ClN5O3/c1-22(2,3)31-21(29)28-9-8-17-18(14-28)25-20(27-10-12-30-13-11-27)26-19(17)24-16-6-4-15(23)5-7-16/h4-7H,8-14H2,1-3H3,(H,24,25,26). The van der Waals surface area contributed by atoms with Crippen LogP contribution in [0.15, 0.2) is 24.3 Å². The molecule has 0 radical (unpaired) electrons. The molecule has 0 aliphatic carbocycles. The highest BCUT2D eigenvalue weighted by Crippen LogP contribution is 2.30. The molecule has 0 unspecified atom stereocenters. The van der Waals surface area contributed by atoms with E-state index in [1.54, 1.807) is 4.90 Å². The largest absolute Gasteiger partial charge is 0.444 e. The van der Waals surface area contributed by atoms with Gasteiger partial charge in [-0.15, -0.1) is 0 Å². The van der Waals surface area contributed by atoms with Crippen molar-refractivity contribution in [2.75, 3.05) is 43.1 Å². The second-order valence-electron chi connectivity index (χ2n) is 8.68. The van der Waals surface area contributed by atoms with Crippen LogP contribution in [0.3, 0.4) is 0 Å². The van der Waals surface area contributed by atoms with E-state index in [9.17, 15) is 4.79 Å². The molecule has 9 heteroatoms. The van der Waals surface area contributed by atoms with Gasteiger partial charge in [0.25, 0.3) is 0 Å². The minimum absolute atomic E-state index is 0.322. The molecule has 0 atom stereocenters. The maximum absolute atomic E-state index is 12.6. The molecule has 2 aromatic rings. The maximum Gasteiger partial charge on any atom is 0.410 e. The Kier molecular flexibility index (Phi) is 6.20. The van der Waals surface area contributed by atoms with E-state index in [4.69, 9.17) is 31.0 Å². The number of nitrogens with zero attached hydrogens (tertiary/aromatic N) is 4. The molecule has 166 valence electrons. The summed E-state index contributed by atoms with van der Waals surface area (Å²) in [5.41, 5.74) is 2.22. The van der Waals surface area contributed by atoms with E-state index in [-0.39, 0.29) is 6.09 Å². The van der Waals surface area contributed by atoms with Gasteiger partial charge in [-0.1, -0.05) is 11.6 Å². The lowest BCUT2D eigenvalue weighted by atomic mass is 10.1. The minimum atomic E-state index is -0.538. The Bertz CT molecular complexity index is 939. The van der Waals surface area contributed by atoms with Crippen LogP contribution in [-0.4, -0.2) is 59.4 Å². The Labute approximate surface area is 187 Å². The topological polar surface area (TPSA) is 79.8 Å². The van der Waals surface area contributed by atoms with Gasteiger partial charge in [0, 0.05) is 35.9 Å². The van der Waals surface area contributed by atoms with Gasteiger partial charge >= 0.3 is 6.09 Å². The molecule has 1 amide bonds. The van der Waals surface area contributed by atoms with E-state index < -0.39 is 5.60 Å². The highest BCUT2D eigenvalue weighted by atomic mass is 35.5. The predicted octanol–water partition coefficient (Wildman–Crippen LogP) is 4.00. The third-order valence-electron chi connectivity index (χ3n) is 5.11. The number of amides is 1. The summed E-state index contributed by atoms with van der Waals surface area (Å²) in [6.45, 7) is 9.30. The van der Waals surface area contributed by atoms with Gasteiger partial charge in [0.1, 0.15) is 11.4 Å². The average Bonchev–Trinajstić information content (AvgIpc) is 2.74. The Morgan fingerprint density at radius 3 is 2.52 bits per heavy atom. The Morgan fingerprint density at radius 1 is 1.13 bits per heavy atom. The molecule has 1 aromatic carbocycles. The monoisotopic (exact) mass is 445 g/mol. The number of hydrogen-bond donors (Lipinski definition) is 1. The van der Waals surface area contributed by atoms with Gasteiger partial charge in [0.2, 0.25) is 5.95 Å². The molecule has 0 saturated carbocycles. The lowest BCUT2D eigenvalue weighted by molar-refractivity contribution is 0.0221. The number of halogens is 1. The second kappa shape index (κ2) is 8.88. The summed E-state index contributed by atoms with van der Waals surface area (Å²) in [7, 11) is 0. The van der Waals surface area contributed by atoms with E-state index in [1.165, 1.54) is 0 Å². The number of anilines is 3. The first-order valence-corrected chi connectivity index (χ1v) is 10.9. The van der Waals surface area contributed by atoms with Gasteiger partial charge in [0.05, 0.1) is 25.5 Å². The van der Waals surface area contributed by atoms with Crippen molar-refractivity contribution in [1.29, 1.82) is 0 Å². The number of morpholine rings is 1. The fourth-order valence-corrected chi connectivity index (χ4v) is 3.70. The summed E-state index contributed by atoms with van der Waals surface area (Å²) < 4.78 is 11.0. The zero-order valence-corrected chi connectivity index (χ0v) is 18.9. The normalized spacial score (nSPS) is 16.6. The van der Waals surface area contributed by atoms with Gasteiger partial charge in [0.15, 0.2) is 0 Å². The Hall–Kier alpha value is -2.58. The van der Waals surface area contributed by atoms with Crippen LogP contribution in [0.1, 0.15) is 32.0 Å². The molecule has 0 spiro atoms. The number of benzene rings is 1. The average molecular weight is 446 g/mol. The summed E-state index contributed by atoms with van der Waals surface area (Å²) in [5, 5.41) is 4.10. The molecule has 8 nitrogen and oxygen atoms in total. The van der Waals surface area contributed by atoms with Crippen LogP contribution in [0.25, 0.3) is 0 Å². The van der Waals surface area contributed by atoms with Crippen molar-refractivity contribution in [2.45, 2.75) is 39.3 Å². The summed E-state index contributed by atoms with van der Waals surface area (Å²) in [6, 6.07) is 7.51. The number of nitrogens with one attached hydrogen (secondary N) is 1.